The van der Waals surface area contributed by atoms with Crippen LogP contribution >= 0.6 is 0 Å². The molecule has 0 aliphatic carbocycles. The van der Waals surface area contributed by atoms with E-state index in [0.29, 0.717) is 16.9 Å². The zero-order chi connectivity index (χ0) is 21.4. The highest BCUT2D eigenvalue weighted by Crippen LogP contribution is 2.29. The SMILES string of the molecule is COc1ccc(CNC(=O)Nc2cccc(NC(=O)C(C)C)c2)cc1OC(F)F. The fraction of sp³-hybridized carbons (Fsp3) is 0.300. The molecule has 0 saturated carbocycles. The maximum absolute atomic E-state index is 12.5. The lowest BCUT2D eigenvalue weighted by Crippen LogP contribution is -2.28. The van der Waals surface area contributed by atoms with Crippen molar-refractivity contribution in [1.29, 1.82) is 0 Å². The smallest absolute Gasteiger partial charge is 0.387 e. The van der Waals surface area contributed by atoms with E-state index in [1.54, 1.807) is 44.2 Å². The van der Waals surface area contributed by atoms with Crippen molar-refractivity contribution in [2.45, 2.75) is 27.0 Å². The Kier molecular flexibility index (Phi) is 7.76. The molecule has 7 nitrogen and oxygen atoms in total. The van der Waals surface area contributed by atoms with E-state index >= 15 is 0 Å². The van der Waals surface area contributed by atoms with Crippen molar-refractivity contribution in [2.75, 3.05) is 17.7 Å². The quantitative estimate of drug-likeness (QED) is 0.612. The summed E-state index contributed by atoms with van der Waals surface area (Å²) < 4.78 is 34.4. The summed E-state index contributed by atoms with van der Waals surface area (Å²) in [5.41, 5.74) is 1.60. The van der Waals surface area contributed by atoms with Gasteiger partial charge in [0.05, 0.1) is 7.11 Å². The molecule has 0 saturated heterocycles. The number of carbonyl (C=O) groups is 2. The van der Waals surface area contributed by atoms with Crippen LogP contribution in [-0.2, 0) is 11.3 Å². The van der Waals surface area contributed by atoms with Gasteiger partial charge >= 0.3 is 12.6 Å². The lowest BCUT2D eigenvalue weighted by Gasteiger charge is -2.13. The van der Waals surface area contributed by atoms with Crippen LogP contribution in [0.5, 0.6) is 11.5 Å². The Morgan fingerprint density at radius 1 is 1.00 bits per heavy atom. The van der Waals surface area contributed by atoms with Crippen LogP contribution in [-0.4, -0.2) is 25.7 Å². The highest BCUT2D eigenvalue weighted by atomic mass is 19.3. The molecule has 0 unspecified atom stereocenters. The zero-order valence-electron chi connectivity index (χ0n) is 16.3. The first-order valence-corrected chi connectivity index (χ1v) is 8.86. The number of hydrogen-bond donors (Lipinski definition) is 3. The molecule has 0 aliphatic heterocycles. The molecule has 2 aromatic rings. The number of nitrogens with one attached hydrogen (secondary N) is 3. The summed E-state index contributed by atoms with van der Waals surface area (Å²) in [6, 6.07) is 10.7. The van der Waals surface area contributed by atoms with E-state index in [2.05, 4.69) is 20.7 Å². The Hall–Kier alpha value is -3.36. The summed E-state index contributed by atoms with van der Waals surface area (Å²) in [6.45, 7) is 0.655. The van der Waals surface area contributed by atoms with Gasteiger partial charge < -0.3 is 25.4 Å². The Balaban J connectivity index is 1.95. The van der Waals surface area contributed by atoms with Crippen molar-refractivity contribution in [3.8, 4) is 11.5 Å². The molecule has 156 valence electrons. The van der Waals surface area contributed by atoms with Crippen molar-refractivity contribution >= 4 is 23.3 Å². The molecular formula is C20H23F2N3O4. The normalized spacial score (nSPS) is 10.6. The molecule has 2 rings (SSSR count). The number of ether oxygens (including phenoxy) is 2. The van der Waals surface area contributed by atoms with Gasteiger partial charge in [0.15, 0.2) is 11.5 Å². The van der Waals surface area contributed by atoms with Crippen molar-refractivity contribution in [2.24, 2.45) is 5.92 Å². The average Bonchev–Trinajstić information content (AvgIpc) is 2.66. The second kappa shape index (κ2) is 10.3. The van der Waals surface area contributed by atoms with Crippen molar-refractivity contribution in [3.05, 3.63) is 48.0 Å². The molecule has 0 aliphatic rings. The topological polar surface area (TPSA) is 88.7 Å². The average molecular weight is 407 g/mol. The number of amides is 3. The summed E-state index contributed by atoms with van der Waals surface area (Å²) in [4.78, 5) is 23.9. The fourth-order valence-electron chi connectivity index (χ4n) is 2.34. The van der Waals surface area contributed by atoms with Gasteiger partial charge in [-0.15, -0.1) is 0 Å². The Bertz CT molecular complexity index is 859. The molecule has 0 aromatic heterocycles. The van der Waals surface area contributed by atoms with E-state index in [1.165, 1.54) is 19.2 Å². The van der Waals surface area contributed by atoms with Crippen LogP contribution in [0.15, 0.2) is 42.5 Å². The predicted octanol–water partition coefficient (Wildman–Crippen LogP) is 4.21. The molecule has 29 heavy (non-hydrogen) atoms. The Morgan fingerprint density at radius 3 is 2.31 bits per heavy atom. The van der Waals surface area contributed by atoms with Gasteiger partial charge in [0, 0.05) is 23.8 Å². The molecule has 0 bridgehead atoms. The molecule has 3 N–H and O–H groups in total. The minimum Gasteiger partial charge on any atom is -0.493 e. The molecule has 9 heteroatoms. The summed E-state index contributed by atoms with van der Waals surface area (Å²) in [7, 11) is 1.34. The number of alkyl halides is 2. The largest absolute Gasteiger partial charge is 0.493 e. The standard InChI is InChI=1S/C20H23F2N3O4/c1-12(2)18(26)24-14-5-4-6-15(10-14)25-20(27)23-11-13-7-8-16(28-3)17(9-13)29-19(21)22/h4-10,12,19H,11H2,1-3H3,(H,24,26)(H2,23,25,27). The highest BCUT2D eigenvalue weighted by molar-refractivity contribution is 5.94. The highest BCUT2D eigenvalue weighted by Gasteiger charge is 2.12. The molecule has 0 atom stereocenters. The lowest BCUT2D eigenvalue weighted by atomic mass is 10.2. The van der Waals surface area contributed by atoms with Gasteiger partial charge in [0.25, 0.3) is 0 Å². The Labute approximate surface area is 167 Å². The molecule has 3 amide bonds. The van der Waals surface area contributed by atoms with Gasteiger partial charge in [-0.2, -0.15) is 8.78 Å². The molecule has 2 aromatic carbocycles. The molecule has 0 fully saturated rings. The first-order chi connectivity index (χ1) is 13.8. The Morgan fingerprint density at radius 2 is 1.69 bits per heavy atom. The number of halogens is 2. The summed E-state index contributed by atoms with van der Waals surface area (Å²) >= 11 is 0. The van der Waals surface area contributed by atoms with Crippen molar-refractivity contribution < 1.29 is 27.8 Å². The van der Waals surface area contributed by atoms with Crippen LogP contribution in [0.4, 0.5) is 25.0 Å². The van der Waals surface area contributed by atoms with Crippen LogP contribution in [0.1, 0.15) is 19.4 Å². The van der Waals surface area contributed by atoms with Gasteiger partial charge in [-0.3, -0.25) is 4.79 Å². The van der Waals surface area contributed by atoms with E-state index in [0.717, 1.165) is 0 Å². The number of methoxy groups -OCH3 is 1. The minimum absolute atomic E-state index is 0.0825. The number of hydrogen-bond acceptors (Lipinski definition) is 4. The second-order valence-corrected chi connectivity index (χ2v) is 6.40. The van der Waals surface area contributed by atoms with E-state index in [-0.39, 0.29) is 29.9 Å². The molecular weight excluding hydrogens is 384 g/mol. The molecule has 0 spiro atoms. The van der Waals surface area contributed by atoms with Crippen LogP contribution in [0.2, 0.25) is 0 Å². The fourth-order valence-corrected chi connectivity index (χ4v) is 2.34. The monoisotopic (exact) mass is 407 g/mol. The lowest BCUT2D eigenvalue weighted by molar-refractivity contribution is -0.118. The van der Waals surface area contributed by atoms with Crippen molar-refractivity contribution in [3.63, 3.8) is 0 Å². The number of rotatable bonds is 8. The second-order valence-electron chi connectivity index (χ2n) is 6.40. The van der Waals surface area contributed by atoms with Gasteiger partial charge in [0.1, 0.15) is 0 Å². The third-order valence-corrected chi connectivity index (χ3v) is 3.81. The van der Waals surface area contributed by atoms with Gasteiger partial charge in [-0.25, -0.2) is 4.79 Å². The number of carbonyl (C=O) groups excluding carboxylic acids is 2. The first-order valence-electron chi connectivity index (χ1n) is 8.86. The van der Waals surface area contributed by atoms with Crippen LogP contribution < -0.4 is 25.4 Å². The number of anilines is 2. The zero-order valence-corrected chi connectivity index (χ0v) is 16.3. The number of benzene rings is 2. The predicted molar refractivity (Wildman–Crippen MR) is 105 cm³/mol. The van der Waals surface area contributed by atoms with E-state index in [4.69, 9.17) is 4.74 Å². The van der Waals surface area contributed by atoms with Gasteiger partial charge in [-0.1, -0.05) is 26.0 Å². The summed E-state index contributed by atoms with van der Waals surface area (Å²) in [5, 5.41) is 8.02. The molecule has 0 heterocycles. The maximum atomic E-state index is 12.5. The third kappa shape index (κ3) is 6.95. The summed E-state index contributed by atoms with van der Waals surface area (Å²) in [6.07, 6.45) is 0. The first kappa shape index (κ1) is 21.9. The van der Waals surface area contributed by atoms with E-state index in [9.17, 15) is 18.4 Å². The van der Waals surface area contributed by atoms with Crippen LogP contribution in [0, 0.1) is 5.92 Å². The van der Waals surface area contributed by atoms with Crippen LogP contribution in [0.25, 0.3) is 0 Å². The maximum Gasteiger partial charge on any atom is 0.387 e. The third-order valence-electron chi connectivity index (χ3n) is 3.81. The molecule has 0 radical (unpaired) electrons. The van der Waals surface area contributed by atoms with Crippen LogP contribution in [0.3, 0.4) is 0 Å². The minimum atomic E-state index is -2.99. The van der Waals surface area contributed by atoms with E-state index < -0.39 is 12.6 Å². The van der Waals surface area contributed by atoms with E-state index in [1.807, 2.05) is 0 Å². The number of urea groups is 1. The van der Waals surface area contributed by atoms with Crippen molar-refractivity contribution in [1.82, 2.24) is 5.32 Å². The van der Waals surface area contributed by atoms with Gasteiger partial charge in [-0.05, 0) is 35.9 Å². The summed E-state index contributed by atoms with van der Waals surface area (Å²) in [5.74, 6) is -0.249. The van der Waals surface area contributed by atoms with Gasteiger partial charge in [0.2, 0.25) is 5.91 Å².